The number of nitrogens with one attached hydrogen (secondary N) is 2. The van der Waals surface area contributed by atoms with Crippen molar-refractivity contribution in [2.75, 3.05) is 25.1 Å². The number of carbonyl (C=O) groups is 1. The van der Waals surface area contributed by atoms with Crippen LogP contribution >= 0.6 is 0 Å². The van der Waals surface area contributed by atoms with Crippen LogP contribution in [0.15, 0.2) is 18.2 Å². The van der Waals surface area contributed by atoms with Gasteiger partial charge in [-0.3, -0.25) is 4.79 Å². The summed E-state index contributed by atoms with van der Waals surface area (Å²) >= 11 is 0. The first-order chi connectivity index (χ1) is 9.15. The molecule has 0 atom stereocenters. The van der Waals surface area contributed by atoms with E-state index in [9.17, 15) is 9.18 Å². The summed E-state index contributed by atoms with van der Waals surface area (Å²) in [7, 11) is 0. The van der Waals surface area contributed by atoms with Crippen LogP contribution in [0.3, 0.4) is 0 Å². The second-order valence-corrected chi connectivity index (χ2v) is 4.77. The average molecular weight is 266 g/mol. The molecule has 0 aliphatic carbocycles. The molecular formula is C14H19FN2O2. The van der Waals surface area contributed by atoms with Crippen molar-refractivity contribution in [3.8, 4) is 0 Å². The standard InChI is InChI=1S/C14H19FN2O2/c1-10-2-3-12(8-13(10)15)16-9-14(18)17-11-4-6-19-7-5-11/h2-3,8,11,16H,4-7,9H2,1H3,(H,17,18). The highest BCUT2D eigenvalue weighted by molar-refractivity contribution is 5.80. The van der Waals surface area contributed by atoms with E-state index >= 15 is 0 Å². The van der Waals surface area contributed by atoms with Crippen molar-refractivity contribution in [2.45, 2.75) is 25.8 Å². The van der Waals surface area contributed by atoms with Crippen LogP contribution in [0.2, 0.25) is 0 Å². The number of anilines is 1. The number of carbonyl (C=O) groups excluding carboxylic acids is 1. The maximum Gasteiger partial charge on any atom is 0.239 e. The van der Waals surface area contributed by atoms with Crippen molar-refractivity contribution in [3.63, 3.8) is 0 Å². The normalized spacial score (nSPS) is 16.1. The summed E-state index contributed by atoms with van der Waals surface area (Å²) in [5.41, 5.74) is 1.21. The van der Waals surface area contributed by atoms with E-state index in [0.717, 1.165) is 12.8 Å². The molecule has 0 unspecified atom stereocenters. The molecule has 1 amide bonds. The molecular weight excluding hydrogens is 247 g/mol. The fraction of sp³-hybridized carbons (Fsp3) is 0.500. The number of hydrogen-bond donors (Lipinski definition) is 2. The Hall–Kier alpha value is -1.62. The monoisotopic (exact) mass is 266 g/mol. The number of benzene rings is 1. The summed E-state index contributed by atoms with van der Waals surface area (Å²) < 4.78 is 18.5. The van der Waals surface area contributed by atoms with E-state index in [-0.39, 0.29) is 24.3 Å². The van der Waals surface area contributed by atoms with Gasteiger partial charge in [0.1, 0.15) is 5.82 Å². The Morgan fingerprint density at radius 1 is 1.42 bits per heavy atom. The lowest BCUT2D eigenvalue weighted by Crippen LogP contribution is -2.41. The van der Waals surface area contributed by atoms with Crippen LogP contribution in [-0.4, -0.2) is 31.7 Å². The molecule has 0 radical (unpaired) electrons. The molecule has 19 heavy (non-hydrogen) atoms. The molecule has 1 aliphatic rings. The molecule has 1 fully saturated rings. The highest BCUT2D eigenvalue weighted by Crippen LogP contribution is 2.13. The first-order valence-corrected chi connectivity index (χ1v) is 6.52. The third kappa shape index (κ3) is 4.21. The summed E-state index contributed by atoms with van der Waals surface area (Å²) in [6.45, 7) is 3.25. The molecule has 104 valence electrons. The van der Waals surface area contributed by atoms with Crippen molar-refractivity contribution < 1.29 is 13.9 Å². The molecule has 4 nitrogen and oxygen atoms in total. The number of rotatable bonds is 4. The lowest BCUT2D eigenvalue weighted by Gasteiger charge is -2.23. The molecule has 1 heterocycles. The highest BCUT2D eigenvalue weighted by atomic mass is 19.1. The van der Waals surface area contributed by atoms with Crippen LogP contribution in [0, 0.1) is 12.7 Å². The second kappa shape index (κ2) is 6.52. The number of ether oxygens (including phenoxy) is 1. The third-order valence-electron chi connectivity index (χ3n) is 3.21. The first kappa shape index (κ1) is 13.8. The van der Waals surface area contributed by atoms with E-state index in [2.05, 4.69) is 10.6 Å². The number of halogens is 1. The number of amides is 1. The molecule has 1 saturated heterocycles. The summed E-state index contributed by atoms with van der Waals surface area (Å²) in [5, 5.41) is 5.86. The van der Waals surface area contributed by atoms with E-state index in [1.165, 1.54) is 6.07 Å². The molecule has 0 saturated carbocycles. The predicted molar refractivity (Wildman–Crippen MR) is 71.6 cm³/mol. The molecule has 0 bridgehead atoms. The minimum atomic E-state index is -0.269. The largest absolute Gasteiger partial charge is 0.381 e. The maximum absolute atomic E-state index is 13.3. The molecule has 0 spiro atoms. The predicted octanol–water partition coefficient (Wildman–Crippen LogP) is 1.84. The molecule has 2 N–H and O–H groups in total. The van der Waals surface area contributed by atoms with E-state index in [0.29, 0.717) is 24.5 Å². The van der Waals surface area contributed by atoms with Crippen LogP contribution in [0.1, 0.15) is 18.4 Å². The zero-order chi connectivity index (χ0) is 13.7. The minimum Gasteiger partial charge on any atom is -0.381 e. The van der Waals surface area contributed by atoms with E-state index in [1.807, 2.05) is 0 Å². The Morgan fingerprint density at radius 2 is 2.16 bits per heavy atom. The molecule has 1 aromatic carbocycles. The van der Waals surface area contributed by atoms with Gasteiger partial charge in [0, 0.05) is 24.9 Å². The van der Waals surface area contributed by atoms with Crippen LogP contribution < -0.4 is 10.6 Å². The van der Waals surface area contributed by atoms with Gasteiger partial charge in [0.05, 0.1) is 6.54 Å². The minimum absolute atomic E-state index is 0.0760. The van der Waals surface area contributed by atoms with Crippen molar-refractivity contribution in [3.05, 3.63) is 29.6 Å². The zero-order valence-corrected chi connectivity index (χ0v) is 11.0. The van der Waals surface area contributed by atoms with Crippen LogP contribution in [-0.2, 0) is 9.53 Å². The van der Waals surface area contributed by atoms with Gasteiger partial charge in [0.15, 0.2) is 0 Å². The van der Waals surface area contributed by atoms with Crippen LogP contribution in [0.5, 0.6) is 0 Å². The van der Waals surface area contributed by atoms with Crippen molar-refractivity contribution >= 4 is 11.6 Å². The quantitative estimate of drug-likeness (QED) is 0.874. The van der Waals surface area contributed by atoms with Crippen molar-refractivity contribution in [2.24, 2.45) is 0 Å². The molecule has 0 aromatic heterocycles. The third-order valence-corrected chi connectivity index (χ3v) is 3.21. The topological polar surface area (TPSA) is 50.4 Å². The molecule has 1 aliphatic heterocycles. The second-order valence-electron chi connectivity index (χ2n) is 4.77. The molecule has 2 rings (SSSR count). The molecule has 5 heteroatoms. The fourth-order valence-electron chi connectivity index (χ4n) is 2.01. The Labute approximate surface area is 112 Å². The SMILES string of the molecule is Cc1ccc(NCC(=O)NC2CCOCC2)cc1F. The average Bonchev–Trinajstić information content (AvgIpc) is 2.41. The van der Waals surface area contributed by atoms with Gasteiger partial charge < -0.3 is 15.4 Å². The summed E-state index contributed by atoms with van der Waals surface area (Å²) in [4.78, 5) is 11.7. The van der Waals surface area contributed by atoms with Gasteiger partial charge in [-0.2, -0.15) is 0 Å². The highest BCUT2D eigenvalue weighted by Gasteiger charge is 2.15. The van der Waals surface area contributed by atoms with E-state index < -0.39 is 0 Å². The summed E-state index contributed by atoms with van der Waals surface area (Å²) in [5.74, 6) is -0.345. The van der Waals surface area contributed by atoms with Crippen LogP contribution in [0.25, 0.3) is 0 Å². The zero-order valence-electron chi connectivity index (χ0n) is 11.0. The Kier molecular flexibility index (Phi) is 4.74. The van der Waals surface area contributed by atoms with E-state index in [4.69, 9.17) is 4.74 Å². The van der Waals surface area contributed by atoms with Gasteiger partial charge >= 0.3 is 0 Å². The maximum atomic E-state index is 13.3. The van der Waals surface area contributed by atoms with E-state index in [1.54, 1.807) is 19.1 Å². The first-order valence-electron chi connectivity index (χ1n) is 6.52. The van der Waals surface area contributed by atoms with Crippen molar-refractivity contribution in [1.82, 2.24) is 5.32 Å². The lowest BCUT2D eigenvalue weighted by atomic mass is 10.1. The van der Waals surface area contributed by atoms with Gasteiger partial charge in [-0.15, -0.1) is 0 Å². The summed E-state index contributed by atoms with van der Waals surface area (Å²) in [6.07, 6.45) is 1.70. The van der Waals surface area contributed by atoms with Gasteiger partial charge in [-0.1, -0.05) is 6.07 Å². The van der Waals surface area contributed by atoms with Gasteiger partial charge in [0.25, 0.3) is 0 Å². The van der Waals surface area contributed by atoms with Gasteiger partial charge in [-0.05, 0) is 37.5 Å². The Balaban J connectivity index is 1.77. The van der Waals surface area contributed by atoms with Gasteiger partial charge in [0.2, 0.25) is 5.91 Å². The number of aryl methyl sites for hydroxylation is 1. The Morgan fingerprint density at radius 3 is 2.84 bits per heavy atom. The van der Waals surface area contributed by atoms with Crippen molar-refractivity contribution in [1.29, 1.82) is 0 Å². The lowest BCUT2D eigenvalue weighted by molar-refractivity contribution is -0.120. The number of hydrogen-bond acceptors (Lipinski definition) is 3. The van der Waals surface area contributed by atoms with Crippen LogP contribution in [0.4, 0.5) is 10.1 Å². The Bertz CT molecular complexity index is 445. The van der Waals surface area contributed by atoms with Gasteiger partial charge in [-0.25, -0.2) is 4.39 Å². The molecule has 1 aromatic rings. The smallest absolute Gasteiger partial charge is 0.239 e. The fourth-order valence-corrected chi connectivity index (χ4v) is 2.01. The summed E-state index contributed by atoms with van der Waals surface area (Å²) in [6, 6.07) is 5.04.